The third kappa shape index (κ3) is 4.43. The first kappa shape index (κ1) is 15.8. The van der Waals surface area contributed by atoms with Crippen LogP contribution in [0, 0.1) is 12.8 Å². The molecular weight excluding hydrogens is 236 g/mol. The zero-order chi connectivity index (χ0) is 14.4. The van der Waals surface area contributed by atoms with Crippen LogP contribution < -0.4 is 15.8 Å². The summed E-state index contributed by atoms with van der Waals surface area (Å²) in [5.74, 6) is 2.03. The van der Waals surface area contributed by atoms with Gasteiger partial charge >= 0.3 is 0 Å². The Morgan fingerprint density at radius 1 is 1.26 bits per heavy atom. The Morgan fingerprint density at radius 3 is 2.47 bits per heavy atom. The Bertz CT molecular complexity index is 402. The average molecular weight is 264 g/mol. The highest BCUT2D eigenvalue weighted by atomic mass is 16.5. The molecule has 0 radical (unpaired) electrons. The monoisotopic (exact) mass is 264 g/mol. The molecule has 0 aliphatic rings. The molecule has 3 heteroatoms. The van der Waals surface area contributed by atoms with Gasteiger partial charge in [0.25, 0.3) is 0 Å². The van der Waals surface area contributed by atoms with E-state index < -0.39 is 0 Å². The molecule has 1 unspecified atom stereocenters. The van der Waals surface area contributed by atoms with E-state index in [9.17, 15) is 0 Å². The number of nitrogens with one attached hydrogen (secondary N) is 1. The molecule has 0 saturated heterocycles. The fraction of sp³-hybridized carbons (Fsp3) is 0.625. The third-order valence-electron chi connectivity index (χ3n) is 3.50. The van der Waals surface area contributed by atoms with Crippen LogP contribution in [-0.2, 0) is 0 Å². The van der Waals surface area contributed by atoms with Gasteiger partial charge in [-0.25, -0.2) is 0 Å². The summed E-state index contributed by atoms with van der Waals surface area (Å²) in [6.07, 6.45) is 1.05. The van der Waals surface area contributed by atoms with Gasteiger partial charge in [-0.3, -0.25) is 0 Å². The molecule has 19 heavy (non-hydrogen) atoms. The molecule has 0 aliphatic carbocycles. The smallest absolute Gasteiger partial charge is 0.122 e. The predicted molar refractivity (Wildman–Crippen MR) is 83.1 cm³/mol. The van der Waals surface area contributed by atoms with E-state index in [4.69, 9.17) is 10.5 Å². The van der Waals surface area contributed by atoms with Gasteiger partial charge in [-0.1, -0.05) is 20.8 Å². The van der Waals surface area contributed by atoms with Gasteiger partial charge in [0.2, 0.25) is 0 Å². The Balaban J connectivity index is 2.86. The normalized spacial score (nSPS) is 12.6. The van der Waals surface area contributed by atoms with Crippen LogP contribution in [0.4, 0.5) is 5.69 Å². The molecule has 108 valence electrons. The molecule has 3 nitrogen and oxygen atoms in total. The third-order valence-corrected chi connectivity index (χ3v) is 3.50. The molecule has 0 aliphatic heterocycles. The van der Waals surface area contributed by atoms with E-state index in [1.807, 2.05) is 0 Å². The zero-order valence-corrected chi connectivity index (χ0v) is 12.9. The van der Waals surface area contributed by atoms with Crippen LogP contribution in [0.5, 0.6) is 5.75 Å². The van der Waals surface area contributed by atoms with Gasteiger partial charge in [0.1, 0.15) is 5.75 Å². The molecule has 1 aromatic carbocycles. The van der Waals surface area contributed by atoms with Gasteiger partial charge in [-0.2, -0.15) is 0 Å². The van der Waals surface area contributed by atoms with Crippen molar-refractivity contribution in [2.24, 2.45) is 11.7 Å². The van der Waals surface area contributed by atoms with Crippen LogP contribution in [-0.4, -0.2) is 20.2 Å². The summed E-state index contributed by atoms with van der Waals surface area (Å²) in [5, 5.41) is 3.53. The van der Waals surface area contributed by atoms with Crippen molar-refractivity contribution < 1.29 is 4.74 Å². The van der Waals surface area contributed by atoms with E-state index in [0.717, 1.165) is 25.3 Å². The molecule has 3 N–H and O–H groups in total. The molecule has 0 bridgehead atoms. The van der Waals surface area contributed by atoms with Crippen LogP contribution in [0.25, 0.3) is 0 Å². The summed E-state index contributed by atoms with van der Waals surface area (Å²) in [7, 11) is 1.73. The largest absolute Gasteiger partial charge is 0.496 e. The van der Waals surface area contributed by atoms with Crippen LogP contribution in [0.3, 0.4) is 0 Å². The highest BCUT2D eigenvalue weighted by molar-refractivity contribution is 5.58. The van der Waals surface area contributed by atoms with E-state index in [0.29, 0.717) is 11.8 Å². The maximum Gasteiger partial charge on any atom is 0.122 e. The van der Waals surface area contributed by atoms with Gasteiger partial charge in [0.15, 0.2) is 0 Å². The maximum absolute atomic E-state index is 5.59. The van der Waals surface area contributed by atoms with Crippen molar-refractivity contribution in [2.45, 2.75) is 40.0 Å². The number of methoxy groups -OCH3 is 1. The van der Waals surface area contributed by atoms with Gasteiger partial charge in [0.05, 0.1) is 7.11 Å². The second kappa shape index (κ2) is 7.39. The number of hydrogen-bond acceptors (Lipinski definition) is 3. The summed E-state index contributed by atoms with van der Waals surface area (Å²) in [5.41, 5.74) is 9.26. The lowest BCUT2D eigenvalue weighted by Gasteiger charge is -2.19. The number of rotatable bonds is 7. The highest BCUT2D eigenvalue weighted by Gasteiger charge is 2.11. The van der Waals surface area contributed by atoms with Crippen molar-refractivity contribution >= 4 is 5.69 Å². The number of aryl methyl sites for hydroxylation is 1. The summed E-state index contributed by atoms with van der Waals surface area (Å²) < 4.78 is 5.46. The van der Waals surface area contributed by atoms with Crippen molar-refractivity contribution in [3.63, 3.8) is 0 Å². The lowest BCUT2D eigenvalue weighted by atomic mass is 9.98. The van der Waals surface area contributed by atoms with Crippen molar-refractivity contribution in [1.29, 1.82) is 0 Å². The minimum atomic E-state index is 0.456. The van der Waals surface area contributed by atoms with Crippen LogP contribution in [0.15, 0.2) is 12.1 Å². The summed E-state index contributed by atoms with van der Waals surface area (Å²) in [4.78, 5) is 0. The van der Waals surface area contributed by atoms with Gasteiger partial charge in [-0.05, 0) is 55.0 Å². The van der Waals surface area contributed by atoms with Gasteiger partial charge in [0, 0.05) is 12.2 Å². The van der Waals surface area contributed by atoms with Gasteiger partial charge < -0.3 is 15.8 Å². The fourth-order valence-electron chi connectivity index (χ4n) is 2.19. The molecule has 0 fully saturated rings. The second-order valence-corrected chi connectivity index (χ2v) is 5.63. The molecule has 1 atom stereocenters. The first-order valence-corrected chi connectivity index (χ1v) is 7.12. The number of nitrogens with two attached hydrogens (primary N) is 1. The summed E-state index contributed by atoms with van der Waals surface area (Å²) in [6.45, 7) is 10.4. The van der Waals surface area contributed by atoms with E-state index in [1.54, 1.807) is 7.11 Å². The molecule has 0 saturated carbocycles. The van der Waals surface area contributed by atoms with Gasteiger partial charge in [-0.15, -0.1) is 0 Å². The van der Waals surface area contributed by atoms with Crippen LogP contribution in [0.1, 0.15) is 44.2 Å². The van der Waals surface area contributed by atoms with Crippen LogP contribution in [0.2, 0.25) is 0 Å². The Kier molecular flexibility index (Phi) is 6.16. The SMILES string of the molecule is COc1cc(C)c(NCC(C)CCN)cc1C(C)C. The van der Waals surface area contributed by atoms with Crippen LogP contribution >= 0.6 is 0 Å². The quantitative estimate of drug-likeness (QED) is 0.792. The number of hydrogen-bond donors (Lipinski definition) is 2. The molecular formula is C16H28N2O. The summed E-state index contributed by atoms with van der Waals surface area (Å²) >= 11 is 0. The lowest BCUT2D eigenvalue weighted by Crippen LogP contribution is -2.16. The fourth-order valence-corrected chi connectivity index (χ4v) is 2.19. The average Bonchev–Trinajstić information content (AvgIpc) is 2.36. The maximum atomic E-state index is 5.59. The Hall–Kier alpha value is -1.22. The number of ether oxygens (including phenoxy) is 1. The first-order valence-electron chi connectivity index (χ1n) is 7.12. The van der Waals surface area contributed by atoms with Crippen molar-refractivity contribution in [3.05, 3.63) is 23.3 Å². The van der Waals surface area contributed by atoms with Crippen molar-refractivity contribution in [3.8, 4) is 5.75 Å². The van der Waals surface area contributed by atoms with E-state index in [-0.39, 0.29) is 0 Å². The molecule has 0 heterocycles. The molecule has 1 rings (SSSR count). The molecule has 0 amide bonds. The molecule has 1 aromatic rings. The van der Waals surface area contributed by atoms with E-state index in [2.05, 4.69) is 45.1 Å². The van der Waals surface area contributed by atoms with Crippen molar-refractivity contribution in [1.82, 2.24) is 0 Å². The predicted octanol–water partition coefficient (Wildman–Crippen LogP) is 3.52. The zero-order valence-electron chi connectivity index (χ0n) is 12.9. The first-order chi connectivity index (χ1) is 8.99. The minimum absolute atomic E-state index is 0.456. The summed E-state index contributed by atoms with van der Waals surface area (Å²) in [6, 6.07) is 4.33. The molecule has 0 spiro atoms. The van der Waals surface area contributed by atoms with E-state index >= 15 is 0 Å². The number of anilines is 1. The van der Waals surface area contributed by atoms with E-state index in [1.165, 1.54) is 16.8 Å². The lowest BCUT2D eigenvalue weighted by molar-refractivity contribution is 0.407. The minimum Gasteiger partial charge on any atom is -0.496 e. The second-order valence-electron chi connectivity index (χ2n) is 5.63. The Labute approximate surface area is 117 Å². The topological polar surface area (TPSA) is 47.3 Å². The van der Waals surface area contributed by atoms with Crippen molar-refractivity contribution in [2.75, 3.05) is 25.5 Å². The molecule has 0 aromatic heterocycles. The highest BCUT2D eigenvalue weighted by Crippen LogP contribution is 2.32. The number of benzene rings is 1. The standard InChI is InChI=1S/C16H28N2O/c1-11(2)14-9-15(13(4)8-16(14)19-5)18-10-12(3)6-7-17/h8-9,11-12,18H,6-7,10,17H2,1-5H3. The Morgan fingerprint density at radius 2 is 1.95 bits per heavy atom.